The van der Waals surface area contributed by atoms with Crippen LogP contribution in [-0.2, 0) is 4.74 Å². The quantitative estimate of drug-likeness (QED) is 0.720. The summed E-state index contributed by atoms with van der Waals surface area (Å²) in [6.45, 7) is 10.0. The summed E-state index contributed by atoms with van der Waals surface area (Å²) in [6.07, 6.45) is 2.00. The first-order valence-electron chi connectivity index (χ1n) is 9.19. The van der Waals surface area contributed by atoms with Crippen molar-refractivity contribution in [1.82, 2.24) is 19.5 Å². The standard InChI is InChI=1S/C19H25N5OS/c1-14(2)15-3-5-16(6-4-15)17-13-24-19(21-17)26-18(22-24)20-7-8-23-9-11-25-12-10-23/h3-6,13-14H,7-12H2,1-2H3,(H,20,22). The Balaban J connectivity index is 1.39. The third-order valence-corrected chi connectivity index (χ3v) is 5.60. The van der Waals surface area contributed by atoms with Crippen LogP contribution in [0.3, 0.4) is 0 Å². The molecule has 2 aromatic heterocycles. The third kappa shape index (κ3) is 3.90. The Bertz CT molecular complexity index is 817. The van der Waals surface area contributed by atoms with Gasteiger partial charge in [-0.05, 0) is 11.5 Å². The van der Waals surface area contributed by atoms with E-state index < -0.39 is 0 Å². The first-order valence-corrected chi connectivity index (χ1v) is 10.0. The van der Waals surface area contributed by atoms with Gasteiger partial charge in [0.05, 0.1) is 25.1 Å². The van der Waals surface area contributed by atoms with E-state index in [1.54, 1.807) is 11.3 Å². The van der Waals surface area contributed by atoms with Gasteiger partial charge in [0, 0.05) is 31.7 Å². The van der Waals surface area contributed by atoms with E-state index in [9.17, 15) is 0 Å². The summed E-state index contributed by atoms with van der Waals surface area (Å²) in [5.41, 5.74) is 3.45. The number of hydrogen-bond donors (Lipinski definition) is 1. The molecule has 3 heterocycles. The van der Waals surface area contributed by atoms with Crippen molar-refractivity contribution in [3.8, 4) is 11.3 Å². The molecule has 0 spiro atoms. The molecule has 6 nitrogen and oxygen atoms in total. The molecular weight excluding hydrogens is 346 g/mol. The van der Waals surface area contributed by atoms with E-state index in [0.717, 1.165) is 60.7 Å². The summed E-state index contributed by atoms with van der Waals surface area (Å²) in [7, 11) is 0. The Morgan fingerprint density at radius 1 is 1.19 bits per heavy atom. The van der Waals surface area contributed by atoms with Gasteiger partial charge in [-0.3, -0.25) is 4.90 Å². The predicted molar refractivity (Wildman–Crippen MR) is 106 cm³/mol. The minimum absolute atomic E-state index is 0.544. The van der Waals surface area contributed by atoms with E-state index in [4.69, 9.17) is 9.72 Å². The highest BCUT2D eigenvalue weighted by Gasteiger charge is 2.12. The number of anilines is 1. The number of nitrogens with zero attached hydrogens (tertiary/aromatic N) is 4. The first-order chi connectivity index (χ1) is 12.7. The van der Waals surface area contributed by atoms with Crippen LogP contribution in [0.5, 0.6) is 0 Å². The molecule has 0 bridgehead atoms. The lowest BCUT2D eigenvalue weighted by Crippen LogP contribution is -2.39. The summed E-state index contributed by atoms with van der Waals surface area (Å²) in [5, 5.41) is 8.94. The van der Waals surface area contributed by atoms with Crippen LogP contribution >= 0.6 is 11.3 Å². The number of rotatable bonds is 6. The molecule has 3 aromatic rings. The summed E-state index contributed by atoms with van der Waals surface area (Å²) < 4.78 is 7.24. The fraction of sp³-hybridized carbons (Fsp3) is 0.474. The molecule has 1 N–H and O–H groups in total. The van der Waals surface area contributed by atoms with Gasteiger partial charge in [-0.25, -0.2) is 9.50 Å². The number of fused-ring (bicyclic) bond motifs is 1. The molecule has 0 unspecified atom stereocenters. The smallest absolute Gasteiger partial charge is 0.214 e. The fourth-order valence-electron chi connectivity index (χ4n) is 3.10. The van der Waals surface area contributed by atoms with Gasteiger partial charge in [0.1, 0.15) is 0 Å². The number of aromatic nitrogens is 3. The second-order valence-corrected chi connectivity index (χ2v) is 7.87. The number of hydrogen-bond acceptors (Lipinski definition) is 6. The lowest BCUT2D eigenvalue weighted by Gasteiger charge is -2.26. The van der Waals surface area contributed by atoms with Crippen molar-refractivity contribution in [3.05, 3.63) is 36.0 Å². The molecule has 1 aromatic carbocycles. The van der Waals surface area contributed by atoms with Gasteiger partial charge < -0.3 is 10.1 Å². The number of nitrogens with one attached hydrogen (secondary N) is 1. The lowest BCUT2D eigenvalue weighted by molar-refractivity contribution is 0.0398. The van der Waals surface area contributed by atoms with Gasteiger partial charge in [0.25, 0.3) is 0 Å². The van der Waals surface area contributed by atoms with Gasteiger partial charge in [0.2, 0.25) is 10.1 Å². The Morgan fingerprint density at radius 2 is 1.96 bits per heavy atom. The molecule has 138 valence electrons. The number of morpholine rings is 1. The van der Waals surface area contributed by atoms with E-state index in [2.05, 4.69) is 53.4 Å². The highest BCUT2D eigenvalue weighted by Crippen LogP contribution is 2.25. The Labute approximate surface area is 157 Å². The highest BCUT2D eigenvalue weighted by atomic mass is 32.1. The molecule has 1 saturated heterocycles. The van der Waals surface area contributed by atoms with Gasteiger partial charge in [-0.1, -0.05) is 49.4 Å². The molecular formula is C19H25N5OS. The average Bonchev–Trinajstić information content (AvgIpc) is 3.21. The molecule has 1 fully saturated rings. The van der Waals surface area contributed by atoms with Crippen LogP contribution in [-0.4, -0.2) is 58.9 Å². The molecule has 0 radical (unpaired) electrons. The maximum atomic E-state index is 5.38. The maximum Gasteiger partial charge on any atom is 0.214 e. The Kier molecular flexibility index (Phi) is 5.19. The largest absolute Gasteiger partial charge is 0.379 e. The minimum atomic E-state index is 0.544. The summed E-state index contributed by atoms with van der Waals surface area (Å²) in [5.74, 6) is 0.544. The molecule has 0 amide bonds. The van der Waals surface area contributed by atoms with Crippen molar-refractivity contribution in [2.24, 2.45) is 0 Å². The second kappa shape index (κ2) is 7.73. The Hall–Kier alpha value is -1.96. The molecule has 0 aliphatic carbocycles. The van der Waals surface area contributed by atoms with Crippen LogP contribution in [0, 0.1) is 0 Å². The van der Waals surface area contributed by atoms with E-state index in [0.29, 0.717) is 5.92 Å². The zero-order valence-electron chi connectivity index (χ0n) is 15.3. The van der Waals surface area contributed by atoms with Crippen LogP contribution in [0.1, 0.15) is 25.3 Å². The highest BCUT2D eigenvalue weighted by molar-refractivity contribution is 7.20. The lowest BCUT2D eigenvalue weighted by atomic mass is 10.0. The van der Waals surface area contributed by atoms with Crippen molar-refractivity contribution >= 4 is 21.4 Å². The second-order valence-electron chi connectivity index (χ2n) is 6.92. The monoisotopic (exact) mass is 371 g/mol. The predicted octanol–water partition coefficient (Wildman–Crippen LogP) is 3.33. The van der Waals surface area contributed by atoms with Crippen molar-refractivity contribution in [2.75, 3.05) is 44.7 Å². The maximum absolute atomic E-state index is 5.38. The van der Waals surface area contributed by atoms with E-state index in [-0.39, 0.29) is 0 Å². The van der Waals surface area contributed by atoms with Crippen LogP contribution in [0.15, 0.2) is 30.5 Å². The van der Waals surface area contributed by atoms with E-state index in [1.807, 2.05) is 10.7 Å². The normalized spacial score (nSPS) is 15.8. The number of ether oxygens (including phenoxy) is 1. The van der Waals surface area contributed by atoms with Crippen molar-refractivity contribution in [1.29, 1.82) is 0 Å². The molecule has 7 heteroatoms. The van der Waals surface area contributed by atoms with Gasteiger partial charge >= 0.3 is 0 Å². The fourth-order valence-corrected chi connectivity index (χ4v) is 3.90. The zero-order valence-corrected chi connectivity index (χ0v) is 16.1. The van der Waals surface area contributed by atoms with Crippen LogP contribution < -0.4 is 5.32 Å². The molecule has 0 saturated carbocycles. The van der Waals surface area contributed by atoms with E-state index in [1.165, 1.54) is 5.56 Å². The molecule has 1 aliphatic rings. The zero-order chi connectivity index (χ0) is 17.9. The SMILES string of the molecule is CC(C)c1ccc(-c2cn3nc(NCCN4CCOCC4)sc3n2)cc1. The molecule has 1 aliphatic heterocycles. The first kappa shape index (κ1) is 17.5. The summed E-state index contributed by atoms with van der Waals surface area (Å²) >= 11 is 1.59. The average molecular weight is 372 g/mol. The molecule has 26 heavy (non-hydrogen) atoms. The number of benzene rings is 1. The van der Waals surface area contributed by atoms with Crippen molar-refractivity contribution < 1.29 is 4.74 Å². The third-order valence-electron chi connectivity index (χ3n) is 4.72. The van der Waals surface area contributed by atoms with Crippen LogP contribution in [0.25, 0.3) is 16.2 Å². The molecule has 4 rings (SSSR count). The van der Waals surface area contributed by atoms with Gasteiger partial charge in [-0.15, -0.1) is 5.10 Å². The molecule has 0 atom stereocenters. The van der Waals surface area contributed by atoms with Crippen LogP contribution in [0.2, 0.25) is 0 Å². The summed E-state index contributed by atoms with van der Waals surface area (Å²) in [4.78, 5) is 8.06. The van der Waals surface area contributed by atoms with Gasteiger partial charge in [0.15, 0.2) is 0 Å². The van der Waals surface area contributed by atoms with Crippen molar-refractivity contribution in [3.63, 3.8) is 0 Å². The summed E-state index contributed by atoms with van der Waals surface area (Å²) in [6, 6.07) is 8.64. The van der Waals surface area contributed by atoms with Crippen molar-refractivity contribution in [2.45, 2.75) is 19.8 Å². The van der Waals surface area contributed by atoms with E-state index >= 15 is 0 Å². The Morgan fingerprint density at radius 3 is 2.65 bits per heavy atom. The van der Waals surface area contributed by atoms with Crippen LogP contribution in [0.4, 0.5) is 5.13 Å². The topological polar surface area (TPSA) is 54.7 Å². The number of imidazole rings is 1. The minimum Gasteiger partial charge on any atom is -0.379 e. The van der Waals surface area contributed by atoms with Gasteiger partial charge in [-0.2, -0.15) is 0 Å².